The zero-order valence-electron chi connectivity index (χ0n) is 20.6. The summed E-state index contributed by atoms with van der Waals surface area (Å²) in [6, 6.07) is 20.6. The van der Waals surface area contributed by atoms with E-state index in [9.17, 15) is 18.0 Å². The lowest BCUT2D eigenvalue weighted by Crippen LogP contribution is -2.17. The highest BCUT2D eigenvalue weighted by atomic mass is 19.4. The molecule has 9 heteroatoms. The number of halogens is 3. The first kappa shape index (κ1) is 25.9. The molecule has 37 heavy (non-hydrogen) atoms. The minimum atomic E-state index is -4.75. The van der Waals surface area contributed by atoms with E-state index in [1.807, 2.05) is 31.2 Å². The molecule has 1 unspecified atom stereocenters. The summed E-state index contributed by atoms with van der Waals surface area (Å²) >= 11 is 0. The molecule has 0 aliphatic heterocycles. The van der Waals surface area contributed by atoms with Gasteiger partial charge in [0, 0.05) is 5.56 Å². The van der Waals surface area contributed by atoms with Gasteiger partial charge in [0.25, 0.3) is 0 Å². The van der Waals surface area contributed by atoms with Gasteiger partial charge < -0.3 is 9.47 Å². The fourth-order valence-corrected chi connectivity index (χ4v) is 3.72. The molecule has 1 atom stereocenters. The maximum Gasteiger partial charge on any atom is 0.573 e. The van der Waals surface area contributed by atoms with Gasteiger partial charge in [0.05, 0.1) is 12.1 Å². The smallest absolute Gasteiger partial charge is 0.458 e. The summed E-state index contributed by atoms with van der Waals surface area (Å²) < 4.78 is 48.0. The van der Waals surface area contributed by atoms with Gasteiger partial charge in [-0.15, -0.1) is 18.3 Å². The number of hydrogen-bond donors (Lipinski definition) is 0. The summed E-state index contributed by atoms with van der Waals surface area (Å²) in [4.78, 5) is 16.7. The van der Waals surface area contributed by atoms with Crippen LogP contribution in [0.2, 0.25) is 0 Å². The van der Waals surface area contributed by atoms with Gasteiger partial charge in [-0.3, -0.25) is 4.79 Å². The largest absolute Gasteiger partial charge is 0.573 e. The lowest BCUT2D eigenvalue weighted by atomic mass is 10.0. The fraction of sp³-hybridized carbons (Fsp3) is 0.250. The highest BCUT2D eigenvalue weighted by molar-refractivity contribution is 5.73. The summed E-state index contributed by atoms with van der Waals surface area (Å²) in [6.07, 6.45) is -3.50. The van der Waals surface area contributed by atoms with Gasteiger partial charge in [-0.2, -0.15) is 0 Å². The van der Waals surface area contributed by atoms with Crippen LogP contribution in [0.5, 0.6) is 5.75 Å². The van der Waals surface area contributed by atoms with Crippen molar-refractivity contribution in [3.63, 3.8) is 0 Å². The normalized spacial score (nSPS) is 12.4. The monoisotopic (exact) mass is 509 g/mol. The third kappa shape index (κ3) is 6.97. The Bertz CT molecular complexity index is 1330. The number of nitrogens with zero attached hydrogens (tertiary/aromatic N) is 3. The Morgan fingerprint density at radius 3 is 2.11 bits per heavy atom. The number of ether oxygens (including phenoxy) is 2. The molecule has 4 aromatic rings. The van der Waals surface area contributed by atoms with Crippen molar-refractivity contribution in [1.29, 1.82) is 0 Å². The van der Waals surface area contributed by atoms with Crippen LogP contribution < -0.4 is 4.74 Å². The molecule has 0 aliphatic carbocycles. The molecule has 0 bridgehead atoms. The molecule has 0 spiro atoms. The molecule has 0 amide bonds. The highest BCUT2D eigenvalue weighted by Crippen LogP contribution is 2.25. The first-order chi connectivity index (χ1) is 17.6. The molecular weight excluding hydrogens is 483 g/mol. The summed E-state index contributed by atoms with van der Waals surface area (Å²) in [7, 11) is 0. The highest BCUT2D eigenvalue weighted by Gasteiger charge is 2.31. The molecule has 192 valence electrons. The van der Waals surface area contributed by atoms with E-state index in [0.717, 1.165) is 16.7 Å². The van der Waals surface area contributed by atoms with E-state index in [2.05, 4.69) is 40.8 Å². The second-order valence-electron chi connectivity index (χ2n) is 8.88. The average molecular weight is 510 g/mol. The molecule has 4 rings (SSSR count). The molecule has 0 aliphatic rings. The molecule has 0 fully saturated rings. The van der Waals surface area contributed by atoms with Gasteiger partial charge in [0.2, 0.25) is 0 Å². The van der Waals surface area contributed by atoms with E-state index in [1.165, 1.54) is 40.8 Å². The van der Waals surface area contributed by atoms with Crippen LogP contribution in [-0.2, 0) is 16.0 Å². The Hall–Kier alpha value is -4.14. The molecule has 0 radical (unpaired) electrons. The molecule has 0 N–H and O–H groups in total. The zero-order valence-corrected chi connectivity index (χ0v) is 20.6. The number of esters is 1. The van der Waals surface area contributed by atoms with Crippen molar-refractivity contribution < 1.29 is 27.4 Å². The minimum Gasteiger partial charge on any atom is -0.458 e. The van der Waals surface area contributed by atoms with Crippen LogP contribution in [0.1, 0.15) is 49.5 Å². The maximum absolute atomic E-state index is 12.5. The number of rotatable bonds is 8. The van der Waals surface area contributed by atoms with Gasteiger partial charge in [-0.25, -0.2) is 9.67 Å². The predicted octanol–water partition coefficient (Wildman–Crippen LogP) is 6.80. The molecule has 0 saturated carbocycles. The number of aromatic nitrogens is 3. The van der Waals surface area contributed by atoms with Crippen molar-refractivity contribution in [3.8, 4) is 22.8 Å². The van der Waals surface area contributed by atoms with E-state index in [-0.39, 0.29) is 24.2 Å². The molecule has 1 heterocycles. The first-order valence-corrected chi connectivity index (χ1v) is 11.7. The van der Waals surface area contributed by atoms with E-state index in [4.69, 9.17) is 4.74 Å². The second-order valence-corrected chi connectivity index (χ2v) is 8.88. The first-order valence-electron chi connectivity index (χ1n) is 11.7. The lowest BCUT2D eigenvalue weighted by molar-refractivity contribution is -0.274. The van der Waals surface area contributed by atoms with Crippen molar-refractivity contribution in [2.45, 2.75) is 45.6 Å². The van der Waals surface area contributed by atoms with Crippen LogP contribution in [0.15, 0.2) is 79.1 Å². The number of benzene rings is 3. The van der Waals surface area contributed by atoms with E-state index < -0.39 is 6.36 Å². The Morgan fingerprint density at radius 1 is 0.892 bits per heavy atom. The lowest BCUT2D eigenvalue weighted by Gasteiger charge is -2.15. The Kier molecular flexibility index (Phi) is 7.61. The molecule has 0 saturated heterocycles. The minimum absolute atomic E-state index is 0.128. The summed E-state index contributed by atoms with van der Waals surface area (Å²) in [5.41, 5.74) is 4.22. The van der Waals surface area contributed by atoms with Crippen LogP contribution in [0, 0.1) is 0 Å². The van der Waals surface area contributed by atoms with E-state index >= 15 is 0 Å². The van der Waals surface area contributed by atoms with Gasteiger partial charge in [-0.1, -0.05) is 62.4 Å². The molecule has 6 nitrogen and oxygen atoms in total. The molecule has 3 aromatic carbocycles. The van der Waals surface area contributed by atoms with E-state index in [0.29, 0.717) is 17.4 Å². The Morgan fingerprint density at radius 2 is 1.51 bits per heavy atom. The summed E-state index contributed by atoms with van der Waals surface area (Å²) in [6.45, 7) is 6.11. The quantitative estimate of drug-likeness (QED) is 0.244. The molecule has 1 aromatic heterocycles. The van der Waals surface area contributed by atoms with Gasteiger partial charge in [0.15, 0.2) is 5.82 Å². The van der Waals surface area contributed by atoms with Crippen LogP contribution in [0.25, 0.3) is 17.1 Å². The topological polar surface area (TPSA) is 66.2 Å². The third-order valence-corrected chi connectivity index (χ3v) is 5.77. The van der Waals surface area contributed by atoms with Crippen molar-refractivity contribution in [3.05, 3.63) is 95.8 Å². The van der Waals surface area contributed by atoms with Crippen LogP contribution in [0.4, 0.5) is 13.2 Å². The van der Waals surface area contributed by atoms with Gasteiger partial charge >= 0.3 is 12.3 Å². The van der Waals surface area contributed by atoms with Crippen molar-refractivity contribution in [1.82, 2.24) is 14.8 Å². The van der Waals surface area contributed by atoms with Gasteiger partial charge in [0.1, 0.15) is 18.2 Å². The van der Waals surface area contributed by atoms with Gasteiger partial charge in [-0.05, 0) is 53.8 Å². The van der Waals surface area contributed by atoms with Crippen LogP contribution in [-0.4, -0.2) is 27.1 Å². The van der Waals surface area contributed by atoms with E-state index in [1.54, 1.807) is 12.1 Å². The fourth-order valence-electron chi connectivity index (χ4n) is 3.72. The van der Waals surface area contributed by atoms with Crippen molar-refractivity contribution in [2.24, 2.45) is 0 Å². The third-order valence-electron chi connectivity index (χ3n) is 5.77. The SMILES string of the molecule is CC(C)c1ccc(C(C)OC(=O)Cc2ccc(-c3ncn(-c4ccc(OC(F)(F)F)cc4)n3)cc2)cc1. The average Bonchev–Trinajstić information content (AvgIpc) is 3.34. The zero-order chi connectivity index (χ0) is 26.6. The summed E-state index contributed by atoms with van der Waals surface area (Å²) in [5, 5.41) is 4.39. The Balaban J connectivity index is 1.35. The van der Waals surface area contributed by atoms with Crippen molar-refractivity contribution >= 4 is 5.97 Å². The number of carbonyl (C=O) groups is 1. The predicted molar refractivity (Wildman–Crippen MR) is 132 cm³/mol. The Labute approximate surface area is 212 Å². The van der Waals surface area contributed by atoms with Crippen LogP contribution >= 0.6 is 0 Å². The van der Waals surface area contributed by atoms with Crippen LogP contribution in [0.3, 0.4) is 0 Å². The molecular formula is C28H26F3N3O3. The summed E-state index contributed by atoms with van der Waals surface area (Å²) in [5.74, 6) is 0.230. The number of carbonyl (C=O) groups excluding carboxylic acids is 1. The number of alkyl halides is 3. The second kappa shape index (κ2) is 10.9. The number of hydrogen-bond acceptors (Lipinski definition) is 5. The van der Waals surface area contributed by atoms with Crippen molar-refractivity contribution in [2.75, 3.05) is 0 Å². The maximum atomic E-state index is 12.5. The standard InChI is InChI=1S/C28H26F3N3O3/c1-18(2)21-8-10-22(11-9-21)19(3)36-26(35)16-20-4-6-23(7-5-20)27-32-17-34(33-27)24-12-14-25(15-13-24)37-28(29,30)31/h4-15,17-19H,16H2,1-3H3.